The Labute approximate surface area is 74.1 Å². The molecule has 0 aromatic heterocycles. The summed E-state index contributed by atoms with van der Waals surface area (Å²) in [5.41, 5.74) is 0. The zero-order valence-corrected chi connectivity index (χ0v) is 7.97. The second kappa shape index (κ2) is 4.45. The van der Waals surface area contributed by atoms with Gasteiger partial charge in [0.2, 0.25) is 5.91 Å². The standard InChI is InChI=1S/C9H18N2O/c1-3-4-9-7-11(8(2)12)6-5-10-9/h9-10H,3-7H2,1-2H3/t9-/m1/s1. The summed E-state index contributed by atoms with van der Waals surface area (Å²) in [4.78, 5) is 13.0. The van der Waals surface area contributed by atoms with Crippen LogP contribution in [0.5, 0.6) is 0 Å². The van der Waals surface area contributed by atoms with Crippen molar-refractivity contribution >= 4 is 5.91 Å². The monoisotopic (exact) mass is 170 g/mol. The molecule has 3 nitrogen and oxygen atoms in total. The molecule has 1 aliphatic rings. The Morgan fingerprint density at radius 3 is 3.00 bits per heavy atom. The van der Waals surface area contributed by atoms with Crippen LogP contribution in [0.15, 0.2) is 0 Å². The Balaban J connectivity index is 2.35. The smallest absolute Gasteiger partial charge is 0.219 e. The van der Waals surface area contributed by atoms with E-state index in [2.05, 4.69) is 12.2 Å². The number of hydrogen-bond donors (Lipinski definition) is 1. The number of amides is 1. The first-order valence-corrected chi connectivity index (χ1v) is 4.73. The summed E-state index contributed by atoms with van der Waals surface area (Å²) >= 11 is 0. The second-order valence-corrected chi connectivity index (χ2v) is 3.40. The maximum atomic E-state index is 11.0. The molecule has 0 unspecified atom stereocenters. The fraction of sp³-hybridized carbons (Fsp3) is 0.889. The van der Waals surface area contributed by atoms with E-state index >= 15 is 0 Å². The highest BCUT2D eigenvalue weighted by molar-refractivity contribution is 5.73. The Bertz CT molecular complexity index is 157. The maximum Gasteiger partial charge on any atom is 0.219 e. The number of nitrogens with zero attached hydrogens (tertiary/aromatic N) is 1. The number of hydrogen-bond acceptors (Lipinski definition) is 2. The van der Waals surface area contributed by atoms with E-state index in [0.717, 1.165) is 19.6 Å². The van der Waals surface area contributed by atoms with E-state index in [9.17, 15) is 4.79 Å². The minimum atomic E-state index is 0.206. The van der Waals surface area contributed by atoms with Crippen LogP contribution in [-0.4, -0.2) is 36.5 Å². The quantitative estimate of drug-likeness (QED) is 0.658. The molecular weight excluding hydrogens is 152 g/mol. The van der Waals surface area contributed by atoms with Gasteiger partial charge in [-0.25, -0.2) is 0 Å². The van der Waals surface area contributed by atoms with Gasteiger partial charge in [-0.15, -0.1) is 0 Å². The molecule has 1 fully saturated rings. The third-order valence-corrected chi connectivity index (χ3v) is 2.34. The van der Waals surface area contributed by atoms with Gasteiger partial charge in [0, 0.05) is 32.6 Å². The van der Waals surface area contributed by atoms with Gasteiger partial charge in [-0.3, -0.25) is 4.79 Å². The number of carbonyl (C=O) groups is 1. The molecule has 1 atom stereocenters. The first-order chi connectivity index (χ1) is 5.74. The van der Waals surface area contributed by atoms with Crippen LogP contribution in [0.3, 0.4) is 0 Å². The van der Waals surface area contributed by atoms with Gasteiger partial charge in [0.05, 0.1) is 0 Å². The highest BCUT2D eigenvalue weighted by Gasteiger charge is 2.19. The molecule has 3 heteroatoms. The van der Waals surface area contributed by atoms with Crippen molar-refractivity contribution in [2.24, 2.45) is 0 Å². The van der Waals surface area contributed by atoms with Crippen LogP contribution in [-0.2, 0) is 4.79 Å². The first-order valence-electron chi connectivity index (χ1n) is 4.73. The molecular formula is C9H18N2O. The molecule has 12 heavy (non-hydrogen) atoms. The molecule has 0 radical (unpaired) electrons. The summed E-state index contributed by atoms with van der Waals surface area (Å²) < 4.78 is 0. The molecule has 70 valence electrons. The average molecular weight is 170 g/mol. The predicted molar refractivity (Wildman–Crippen MR) is 49.0 cm³/mol. The van der Waals surface area contributed by atoms with Crippen molar-refractivity contribution in [1.29, 1.82) is 0 Å². The van der Waals surface area contributed by atoms with Gasteiger partial charge < -0.3 is 10.2 Å². The minimum Gasteiger partial charge on any atom is -0.340 e. The third-order valence-electron chi connectivity index (χ3n) is 2.34. The normalized spacial score (nSPS) is 24.2. The van der Waals surface area contributed by atoms with Crippen molar-refractivity contribution in [2.75, 3.05) is 19.6 Å². The SMILES string of the molecule is CCC[C@@H]1CN(C(C)=O)CCN1. The Hall–Kier alpha value is -0.570. The van der Waals surface area contributed by atoms with Crippen molar-refractivity contribution in [3.8, 4) is 0 Å². The summed E-state index contributed by atoms with van der Waals surface area (Å²) in [7, 11) is 0. The summed E-state index contributed by atoms with van der Waals surface area (Å²) in [5, 5.41) is 3.41. The van der Waals surface area contributed by atoms with Gasteiger partial charge in [0.15, 0.2) is 0 Å². The lowest BCUT2D eigenvalue weighted by Gasteiger charge is -2.32. The van der Waals surface area contributed by atoms with Crippen LogP contribution in [0.25, 0.3) is 0 Å². The average Bonchev–Trinajstić information content (AvgIpc) is 2.05. The van der Waals surface area contributed by atoms with Crippen LogP contribution in [0.2, 0.25) is 0 Å². The van der Waals surface area contributed by atoms with Crippen LogP contribution in [0, 0.1) is 0 Å². The first kappa shape index (κ1) is 9.52. The molecule has 0 bridgehead atoms. The molecule has 0 spiro atoms. The lowest BCUT2D eigenvalue weighted by molar-refractivity contribution is -0.130. The Kier molecular flexibility index (Phi) is 3.53. The summed E-state index contributed by atoms with van der Waals surface area (Å²) in [5.74, 6) is 0.206. The summed E-state index contributed by atoms with van der Waals surface area (Å²) in [6.07, 6.45) is 2.35. The topological polar surface area (TPSA) is 32.3 Å². The van der Waals surface area contributed by atoms with Gasteiger partial charge in [0.25, 0.3) is 0 Å². The molecule has 1 amide bonds. The highest BCUT2D eigenvalue weighted by atomic mass is 16.2. The van der Waals surface area contributed by atoms with Crippen LogP contribution >= 0.6 is 0 Å². The number of nitrogens with one attached hydrogen (secondary N) is 1. The van der Waals surface area contributed by atoms with Crippen molar-refractivity contribution in [3.63, 3.8) is 0 Å². The van der Waals surface area contributed by atoms with Crippen LogP contribution < -0.4 is 5.32 Å². The number of piperazine rings is 1. The minimum absolute atomic E-state index is 0.206. The van der Waals surface area contributed by atoms with E-state index in [1.54, 1.807) is 6.92 Å². The molecule has 1 N–H and O–H groups in total. The summed E-state index contributed by atoms with van der Waals surface area (Å²) in [6, 6.07) is 0.521. The van der Waals surface area contributed by atoms with Gasteiger partial charge in [-0.1, -0.05) is 13.3 Å². The van der Waals surface area contributed by atoms with Crippen LogP contribution in [0.4, 0.5) is 0 Å². The Morgan fingerprint density at radius 1 is 1.67 bits per heavy atom. The van der Waals surface area contributed by atoms with Gasteiger partial charge in [-0.2, -0.15) is 0 Å². The highest BCUT2D eigenvalue weighted by Crippen LogP contribution is 2.04. The molecule has 1 aliphatic heterocycles. The van der Waals surface area contributed by atoms with Gasteiger partial charge >= 0.3 is 0 Å². The number of rotatable bonds is 2. The van der Waals surface area contributed by atoms with E-state index in [1.807, 2.05) is 4.90 Å². The predicted octanol–water partition coefficient (Wildman–Crippen LogP) is 0.607. The third kappa shape index (κ3) is 2.48. The van der Waals surface area contributed by atoms with Crippen molar-refractivity contribution in [2.45, 2.75) is 32.7 Å². The lowest BCUT2D eigenvalue weighted by atomic mass is 10.1. The second-order valence-electron chi connectivity index (χ2n) is 3.40. The van der Waals surface area contributed by atoms with E-state index in [1.165, 1.54) is 12.8 Å². The van der Waals surface area contributed by atoms with Gasteiger partial charge in [-0.05, 0) is 6.42 Å². The van der Waals surface area contributed by atoms with Crippen LogP contribution in [0.1, 0.15) is 26.7 Å². The Morgan fingerprint density at radius 2 is 2.42 bits per heavy atom. The fourth-order valence-electron chi connectivity index (χ4n) is 1.65. The number of carbonyl (C=O) groups excluding carboxylic acids is 1. The van der Waals surface area contributed by atoms with E-state index in [-0.39, 0.29) is 5.91 Å². The zero-order valence-electron chi connectivity index (χ0n) is 7.97. The fourth-order valence-corrected chi connectivity index (χ4v) is 1.65. The lowest BCUT2D eigenvalue weighted by Crippen LogP contribution is -2.51. The van der Waals surface area contributed by atoms with Crippen molar-refractivity contribution in [3.05, 3.63) is 0 Å². The molecule has 1 saturated heterocycles. The zero-order chi connectivity index (χ0) is 8.97. The van der Waals surface area contributed by atoms with Crippen molar-refractivity contribution < 1.29 is 4.79 Å². The van der Waals surface area contributed by atoms with Crippen molar-refractivity contribution in [1.82, 2.24) is 10.2 Å². The molecule has 1 heterocycles. The molecule has 0 aromatic rings. The molecule has 1 rings (SSSR count). The molecule has 0 saturated carbocycles. The molecule has 0 aliphatic carbocycles. The van der Waals surface area contributed by atoms with E-state index < -0.39 is 0 Å². The van der Waals surface area contributed by atoms with Gasteiger partial charge in [0.1, 0.15) is 0 Å². The molecule has 0 aromatic carbocycles. The largest absolute Gasteiger partial charge is 0.340 e. The maximum absolute atomic E-state index is 11.0. The summed E-state index contributed by atoms with van der Waals surface area (Å²) in [6.45, 7) is 6.53. The van der Waals surface area contributed by atoms with E-state index in [0.29, 0.717) is 6.04 Å². The van der Waals surface area contributed by atoms with E-state index in [4.69, 9.17) is 0 Å².